The molecule has 1 amide bonds. The first kappa shape index (κ1) is 19.2. The number of benzene rings is 2. The zero-order valence-electron chi connectivity index (χ0n) is 14.2. The Morgan fingerprint density at radius 3 is 2.67 bits per heavy atom. The van der Waals surface area contributed by atoms with Gasteiger partial charge in [0.15, 0.2) is 0 Å². The summed E-state index contributed by atoms with van der Waals surface area (Å²) in [5, 5.41) is 2.62. The summed E-state index contributed by atoms with van der Waals surface area (Å²) >= 11 is 2.07. The number of nitrogens with zero attached hydrogens (tertiary/aromatic N) is 2. The Hall–Kier alpha value is -2.53. The average molecular weight is 494 g/mol. The molecule has 1 aromatic heterocycles. The maximum atomic E-state index is 12.7. The summed E-state index contributed by atoms with van der Waals surface area (Å²) in [5.74, 6) is -0.473. The minimum atomic E-state index is -3.81. The van der Waals surface area contributed by atoms with Crippen LogP contribution in [0.25, 0.3) is 0 Å². The maximum absolute atomic E-state index is 12.7. The summed E-state index contributed by atoms with van der Waals surface area (Å²) in [6.07, 6.45) is 4.20. The number of hydrogen-bond donors (Lipinski definition) is 2. The van der Waals surface area contributed by atoms with Crippen LogP contribution in [0.15, 0.2) is 66.0 Å². The van der Waals surface area contributed by atoms with E-state index < -0.39 is 15.9 Å². The van der Waals surface area contributed by atoms with Crippen LogP contribution in [0.4, 0.5) is 11.4 Å². The van der Waals surface area contributed by atoms with Crippen molar-refractivity contribution in [2.75, 3.05) is 10.0 Å². The van der Waals surface area contributed by atoms with Crippen LogP contribution >= 0.6 is 22.6 Å². The second-order valence-corrected chi connectivity index (χ2v) is 8.51. The second kappa shape index (κ2) is 8.01. The van der Waals surface area contributed by atoms with Gasteiger partial charge in [-0.25, -0.2) is 13.4 Å². The zero-order valence-corrected chi connectivity index (χ0v) is 17.2. The number of amides is 1. The highest BCUT2D eigenvalue weighted by Crippen LogP contribution is 2.24. The number of hydrogen-bond acceptors (Lipinski definition) is 5. The van der Waals surface area contributed by atoms with Crippen molar-refractivity contribution in [2.24, 2.45) is 0 Å². The van der Waals surface area contributed by atoms with Gasteiger partial charge in [-0.3, -0.25) is 14.5 Å². The van der Waals surface area contributed by atoms with Gasteiger partial charge in [0.25, 0.3) is 15.9 Å². The number of carbonyl (C=O) groups excluding carboxylic acids is 1. The molecule has 0 saturated carbocycles. The first-order valence-electron chi connectivity index (χ1n) is 7.81. The summed E-state index contributed by atoms with van der Waals surface area (Å²) < 4.78 is 28.8. The van der Waals surface area contributed by atoms with Gasteiger partial charge in [0.1, 0.15) is 5.69 Å². The Balaban J connectivity index is 1.84. The van der Waals surface area contributed by atoms with Crippen molar-refractivity contribution < 1.29 is 13.2 Å². The fourth-order valence-electron chi connectivity index (χ4n) is 2.27. The van der Waals surface area contributed by atoms with Gasteiger partial charge in [-0.2, -0.15) is 0 Å². The summed E-state index contributed by atoms with van der Waals surface area (Å²) in [6, 6.07) is 11.5. The number of rotatable bonds is 5. The highest BCUT2D eigenvalue weighted by Gasteiger charge is 2.17. The largest absolute Gasteiger partial charge is 0.321 e. The molecule has 7 nitrogen and oxygen atoms in total. The van der Waals surface area contributed by atoms with Crippen molar-refractivity contribution in [3.8, 4) is 0 Å². The SMILES string of the molecule is Cc1ccc(I)c(NS(=O)(=O)c2cccc(NC(=O)c3cnccn3)c2)c1. The van der Waals surface area contributed by atoms with E-state index in [2.05, 4.69) is 42.6 Å². The molecule has 0 aliphatic carbocycles. The average Bonchev–Trinajstić information content (AvgIpc) is 2.65. The van der Waals surface area contributed by atoms with E-state index in [0.717, 1.165) is 9.13 Å². The van der Waals surface area contributed by atoms with Crippen LogP contribution in [-0.2, 0) is 10.0 Å². The second-order valence-electron chi connectivity index (χ2n) is 5.66. The van der Waals surface area contributed by atoms with Crippen LogP contribution in [0, 0.1) is 10.5 Å². The normalized spacial score (nSPS) is 11.0. The van der Waals surface area contributed by atoms with Crippen LogP contribution in [0.3, 0.4) is 0 Å². The number of aromatic nitrogens is 2. The van der Waals surface area contributed by atoms with Crippen molar-refractivity contribution in [3.05, 3.63) is 75.9 Å². The lowest BCUT2D eigenvalue weighted by atomic mass is 10.2. The van der Waals surface area contributed by atoms with E-state index in [1.165, 1.54) is 30.7 Å². The standard InChI is InChI=1S/C18H15IN4O3S/c1-12-5-6-15(19)16(9-12)23-27(25,26)14-4-2-3-13(10-14)22-18(24)17-11-20-7-8-21-17/h2-11,23H,1H3,(H,22,24). The lowest BCUT2D eigenvalue weighted by molar-refractivity contribution is 0.102. The van der Waals surface area contributed by atoms with E-state index in [1.54, 1.807) is 18.2 Å². The molecule has 0 atom stereocenters. The third-order valence-electron chi connectivity index (χ3n) is 3.56. The van der Waals surface area contributed by atoms with E-state index in [9.17, 15) is 13.2 Å². The number of carbonyl (C=O) groups is 1. The Labute approximate surface area is 170 Å². The lowest BCUT2D eigenvalue weighted by Crippen LogP contribution is -2.16. The summed E-state index contributed by atoms with van der Waals surface area (Å²) in [6.45, 7) is 1.89. The van der Waals surface area contributed by atoms with Crippen LogP contribution < -0.4 is 10.0 Å². The fraction of sp³-hybridized carbons (Fsp3) is 0.0556. The van der Waals surface area contributed by atoms with Crippen molar-refractivity contribution in [3.63, 3.8) is 0 Å². The molecule has 1 heterocycles. The van der Waals surface area contributed by atoms with Gasteiger partial charge >= 0.3 is 0 Å². The van der Waals surface area contributed by atoms with E-state index >= 15 is 0 Å². The van der Waals surface area contributed by atoms with Crippen molar-refractivity contribution in [2.45, 2.75) is 11.8 Å². The summed E-state index contributed by atoms with van der Waals surface area (Å²) in [5.41, 5.74) is 1.92. The van der Waals surface area contributed by atoms with Gasteiger partial charge in [-0.15, -0.1) is 0 Å². The van der Waals surface area contributed by atoms with Crippen molar-refractivity contribution in [1.82, 2.24) is 9.97 Å². The molecule has 138 valence electrons. The number of nitrogens with one attached hydrogen (secondary N) is 2. The summed E-state index contributed by atoms with van der Waals surface area (Å²) in [7, 11) is -3.81. The molecule has 0 aliphatic heterocycles. The molecule has 0 aliphatic rings. The molecule has 27 heavy (non-hydrogen) atoms. The topological polar surface area (TPSA) is 101 Å². The number of sulfonamides is 1. The maximum Gasteiger partial charge on any atom is 0.275 e. The molecular formula is C18H15IN4O3S. The molecule has 2 aromatic carbocycles. The van der Waals surface area contributed by atoms with Gasteiger partial charge in [-0.1, -0.05) is 12.1 Å². The molecule has 0 bridgehead atoms. The smallest absolute Gasteiger partial charge is 0.275 e. The quantitative estimate of drug-likeness (QED) is 0.530. The van der Waals surface area contributed by atoms with E-state index in [1.807, 2.05) is 19.1 Å². The monoisotopic (exact) mass is 494 g/mol. The third-order valence-corrected chi connectivity index (χ3v) is 5.87. The molecule has 0 radical (unpaired) electrons. The Bertz CT molecular complexity index is 1090. The molecule has 2 N–H and O–H groups in total. The number of halogens is 1. The fourth-order valence-corrected chi connectivity index (χ4v) is 4.04. The van der Waals surface area contributed by atoms with Gasteiger partial charge in [0.2, 0.25) is 0 Å². The van der Waals surface area contributed by atoms with Gasteiger partial charge < -0.3 is 5.32 Å². The van der Waals surface area contributed by atoms with Crippen molar-refractivity contribution in [1.29, 1.82) is 0 Å². The Kier molecular flexibility index (Phi) is 5.71. The van der Waals surface area contributed by atoms with Gasteiger partial charge in [0.05, 0.1) is 16.8 Å². The number of anilines is 2. The predicted octanol–water partition coefficient (Wildman–Crippen LogP) is 3.44. The van der Waals surface area contributed by atoms with Crippen LogP contribution in [0.5, 0.6) is 0 Å². The first-order valence-corrected chi connectivity index (χ1v) is 10.4. The van der Waals surface area contributed by atoms with Crippen LogP contribution in [-0.4, -0.2) is 24.3 Å². The minimum absolute atomic E-state index is 0.0387. The highest BCUT2D eigenvalue weighted by atomic mass is 127. The Morgan fingerprint density at radius 1 is 1.11 bits per heavy atom. The van der Waals surface area contributed by atoms with Gasteiger partial charge in [-0.05, 0) is 65.4 Å². The molecule has 0 saturated heterocycles. The van der Waals surface area contributed by atoms with Crippen LogP contribution in [0.1, 0.15) is 16.1 Å². The molecule has 3 rings (SSSR count). The molecule has 3 aromatic rings. The minimum Gasteiger partial charge on any atom is -0.321 e. The summed E-state index contributed by atoms with van der Waals surface area (Å²) in [4.78, 5) is 20.0. The van der Waals surface area contributed by atoms with Crippen LogP contribution in [0.2, 0.25) is 0 Å². The molecule has 0 unspecified atom stereocenters. The molecule has 0 spiro atoms. The zero-order chi connectivity index (χ0) is 19.4. The third kappa shape index (κ3) is 4.80. The van der Waals surface area contributed by atoms with Crippen molar-refractivity contribution >= 4 is 49.9 Å². The molecule has 0 fully saturated rings. The highest BCUT2D eigenvalue weighted by molar-refractivity contribution is 14.1. The predicted molar refractivity (Wildman–Crippen MR) is 111 cm³/mol. The Morgan fingerprint density at radius 2 is 1.93 bits per heavy atom. The van der Waals surface area contributed by atoms with E-state index in [4.69, 9.17) is 0 Å². The van der Waals surface area contributed by atoms with E-state index in [-0.39, 0.29) is 10.6 Å². The molecule has 9 heteroatoms. The number of aryl methyl sites for hydroxylation is 1. The van der Waals surface area contributed by atoms with E-state index in [0.29, 0.717) is 11.4 Å². The van der Waals surface area contributed by atoms with Gasteiger partial charge in [0, 0.05) is 21.7 Å². The first-order chi connectivity index (χ1) is 12.8. The lowest BCUT2D eigenvalue weighted by Gasteiger charge is -2.12. The molecular weight excluding hydrogens is 479 g/mol.